The molecular formula is C29H33BrClN3O5. The maximum Gasteiger partial charge on any atom is 0.254 e. The van der Waals surface area contributed by atoms with Crippen molar-refractivity contribution in [1.29, 1.82) is 0 Å². The van der Waals surface area contributed by atoms with Crippen LogP contribution in [0.25, 0.3) is 10.8 Å². The number of ether oxygens (including phenoxy) is 3. The van der Waals surface area contributed by atoms with Gasteiger partial charge < -0.3 is 29.7 Å². The molecule has 2 aliphatic heterocycles. The van der Waals surface area contributed by atoms with E-state index < -0.39 is 17.7 Å². The van der Waals surface area contributed by atoms with Gasteiger partial charge in [-0.25, -0.2) is 0 Å². The molecule has 3 aromatic rings. The molecule has 10 heteroatoms. The molecule has 8 nitrogen and oxygen atoms in total. The fourth-order valence-corrected chi connectivity index (χ4v) is 5.64. The van der Waals surface area contributed by atoms with Crippen molar-refractivity contribution in [3.8, 4) is 11.5 Å². The Morgan fingerprint density at radius 1 is 1.18 bits per heavy atom. The highest BCUT2D eigenvalue weighted by Gasteiger charge is 2.51. The smallest absolute Gasteiger partial charge is 0.254 e. The zero-order chi connectivity index (χ0) is 26.9. The molecule has 1 spiro atoms. The third-order valence-corrected chi connectivity index (χ3v) is 8.04. The molecule has 0 radical (unpaired) electrons. The number of fused-ring (bicyclic) bond motifs is 2. The highest BCUT2D eigenvalue weighted by atomic mass is 79.9. The predicted molar refractivity (Wildman–Crippen MR) is 157 cm³/mol. The van der Waals surface area contributed by atoms with Crippen LogP contribution in [-0.4, -0.2) is 56.9 Å². The highest BCUT2D eigenvalue weighted by molar-refractivity contribution is 9.10. The summed E-state index contributed by atoms with van der Waals surface area (Å²) in [5.74, 6) is 0.784. The lowest BCUT2D eigenvalue weighted by atomic mass is 9.84. The van der Waals surface area contributed by atoms with Gasteiger partial charge in [-0.05, 0) is 55.1 Å². The monoisotopic (exact) mass is 617 g/mol. The first-order valence-electron chi connectivity index (χ1n) is 12.8. The van der Waals surface area contributed by atoms with Crippen LogP contribution in [0.1, 0.15) is 25.3 Å². The van der Waals surface area contributed by atoms with E-state index in [0.717, 1.165) is 20.8 Å². The van der Waals surface area contributed by atoms with Crippen molar-refractivity contribution >= 4 is 56.6 Å². The molecule has 2 N–H and O–H groups in total. The second-order valence-electron chi connectivity index (χ2n) is 9.74. The summed E-state index contributed by atoms with van der Waals surface area (Å²) in [6.07, 6.45) is 0.955. The second-order valence-corrected chi connectivity index (χ2v) is 10.7. The molecule has 2 heterocycles. The van der Waals surface area contributed by atoms with Crippen LogP contribution in [-0.2, 0) is 20.9 Å². The van der Waals surface area contributed by atoms with E-state index in [-0.39, 0.29) is 30.8 Å². The summed E-state index contributed by atoms with van der Waals surface area (Å²) in [6.45, 7) is 2.88. The lowest BCUT2D eigenvalue weighted by molar-refractivity contribution is -0.138. The molecular weight excluding hydrogens is 586 g/mol. The third kappa shape index (κ3) is 5.59. The Bertz CT molecular complexity index is 1360. The van der Waals surface area contributed by atoms with Crippen LogP contribution in [0.5, 0.6) is 11.5 Å². The zero-order valence-corrected chi connectivity index (χ0v) is 24.6. The molecule has 0 bridgehead atoms. The van der Waals surface area contributed by atoms with E-state index in [0.29, 0.717) is 43.2 Å². The summed E-state index contributed by atoms with van der Waals surface area (Å²) < 4.78 is 19.1. The second kappa shape index (κ2) is 12.1. The number of para-hydroxylation sites is 2. The third-order valence-electron chi connectivity index (χ3n) is 7.55. The van der Waals surface area contributed by atoms with Gasteiger partial charge in [0.05, 0.1) is 38.6 Å². The van der Waals surface area contributed by atoms with Crippen LogP contribution in [0.2, 0.25) is 0 Å². The number of nitrogens with zero attached hydrogens (tertiary/aromatic N) is 1. The van der Waals surface area contributed by atoms with Crippen molar-refractivity contribution in [2.45, 2.75) is 44.0 Å². The van der Waals surface area contributed by atoms with Gasteiger partial charge in [-0.15, -0.1) is 12.4 Å². The minimum Gasteiger partial charge on any atom is -0.496 e. The average molecular weight is 619 g/mol. The van der Waals surface area contributed by atoms with Crippen LogP contribution >= 0.6 is 28.3 Å². The van der Waals surface area contributed by atoms with Gasteiger partial charge >= 0.3 is 0 Å². The number of carbonyl (C=O) groups excluding carboxylic acids is 2. The number of anilines is 1. The van der Waals surface area contributed by atoms with Gasteiger partial charge in [0.25, 0.3) is 5.91 Å². The summed E-state index contributed by atoms with van der Waals surface area (Å²) >= 11 is 3.55. The Morgan fingerprint density at radius 3 is 2.64 bits per heavy atom. The molecule has 1 saturated heterocycles. The normalized spacial score (nSPS) is 18.9. The van der Waals surface area contributed by atoms with E-state index in [1.165, 1.54) is 0 Å². The first-order chi connectivity index (χ1) is 18.4. The molecule has 2 aliphatic rings. The van der Waals surface area contributed by atoms with E-state index >= 15 is 0 Å². The molecule has 39 heavy (non-hydrogen) atoms. The molecule has 0 aliphatic carbocycles. The fourth-order valence-electron chi connectivity index (χ4n) is 5.26. The summed E-state index contributed by atoms with van der Waals surface area (Å²) in [4.78, 5) is 29.4. The molecule has 3 aromatic carbocycles. The van der Waals surface area contributed by atoms with E-state index in [2.05, 4.69) is 26.6 Å². The van der Waals surface area contributed by atoms with Crippen molar-refractivity contribution in [2.24, 2.45) is 0 Å². The summed E-state index contributed by atoms with van der Waals surface area (Å²) in [5.41, 5.74) is 0.590. The summed E-state index contributed by atoms with van der Waals surface area (Å²) in [7, 11) is 3.34. The van der Waals surface area contributed by atoms with E-state index in [1.807, 2.05) is 54.6 Å². The number of likely N-dealkylation sites (N-methyl/N-ethyl adjacent to an activating group) is 1. The molecule has 5 rings (SSSR count). The summed E-state index contributed by atoms with van der Waals surface area (Å²) in [5, 5.41) is 8.00. The SMILES string of the molecule is CN[C@@H](C)C(=O)N[C@@H]1C(=O)N(Cc2c(OC)ccc3cc(Br)ccc23)c2ccccc2OC12CCOCC2.Cl. The largest absolute Gasteiger partial charge is 0.496 e. The van der Waals surface area contributed by atoms with Crippen molar-refractivity contribution in [1.82, 2.24) is 10.6 Å². The van der Waals surface area contributed by atoms with Gasteiger partial charge in [0.1, 0.15) is 23.1 Å². The Balaban J connectivity index is 0.00000353. The van der Waals surface area contributed by atoms with Crippen LogP contribution < -0.4 is 25.0 Å². The van der Waals surface area contributed by atoms with E-state index in [4.69, 9.17) is 14.2 Å². The maximum atomic E-state index is 14.5. The van der Waals surface area contributed by atoms with Crippen LogP contribution in [0.3, 0.4) is 0 Å². The lowest BCUT2D eigenvalue weighted by Gasteiger charge is -2.41. The van der Waals surface area contributed by atoms with E-state index in [1.54, 1.807) is 26.0 Å². The van der Waals surface area contributed by atoms with Crippen molar-refractivity contribution in [3.05, 3.63) is 64.6 Å². The van der Waals surface area contributed by atoms with Gasteiger partial charge in [-0.1, -0.05) is 40.2 Å². The maximum absolute atomic E-state index is 14.5. The topological polar surface area (TPSA) is 89.1 Å². The molecule has 2 amide bonds. The van der Waals surface area contributed by atoms with Gasteiger partial charge in [-0.3, -0.25) is 9.59 Å². The van der Waals surface area contributed by atoms with Crippen LogP contribution in [0, 0.1) is 0 Å². The van der Waals surface area contributed by atoms with Gasteiger partial charge in [-0.2, -0.15) is 0 Å². The molecule has 0 aromatic heterocycles. The lowest BCUT2D eigenvalue weighted by Crippen LogP contribution is -2.65. The molecule has 1 fully saturated rings. The standard InChI is InChI=1S/C29H32BrN3O5.ClH/c1-18(31-2)27(34)32-26-28(35)33(17-22-21-10-9-20(30)16-19(21)8-11-24(22)36-3)23-6-4-5-7-25(23)38-29(26)12-14-37-15-13-29;/h4-11,16,18,26,31H,12-15,17H2,1-3H3,(H,32,34);1H/t18-,26+;/m0./s1. The average Bonchev–Trinajstić information content (AvgIpc) is 3.02. The predicted octanol–water partition coefficient (Wildman–Crippen LogP) is 4.60. The first-order valence-corrected chi connectivity index (χ1v) is 13.6. The number of halogens is 2. The first kappa shape index (κ1) is 29.1. The quantitative estimate of drug-likeness (QED) is 0.420. The Morgan fingerprint density at radius 2 is 1.92 bits per heavy atom. The van der Waals surface area contributed by atoms with Crippen molar-refractivity contribution in [3.63, 3.8) is 0 Å². The van der Waals surface area contributed by atoms with Crippen molar-refractivity contribution in [2.75, 3.05) is 32.3 Å². The van der Waals surface area contributed by atoms with Crippen molar-refractivity contribution < 1.29 is 23.8 Å². The van der Waals surface area contributed by atoms with Gasteiger partial charge in [0.15, 0.2) is 0 Å². The Hall–Kier alpha value is -2.85. The van der Waals surface area contributed by atoms with Gasteiger partial charge in [0, 0.05) is 22.9 Å². The van der Waals surface area contributed by atoms with Gasteiger partial charge in [0.2, 0.25) is 5.91 Å². The highest BCUT2D eigenvalue weighted by Crippen LogP contribution is 2.42. The zero-order valence-electron chi connectivity index (χ0n) is 22.2. The minimum absolute atomic E-state index is 0. The number of methoxy groups -OCH3 is 1. The number of hydrogen-bond acceptors (Lipinski definition) is 6. The fraction of sp³-hybridized carbons (Fsp3) is 0.379. The molecule has 208 valence electrons. The molecule has 0 unspecified atom stereocenters. The molecule has 0 saturated carbocycles. The number of hydrogen-bond donors (Lipinski definition) is 2. The van der Waals surface area contributed by atoms with E-state index in [9.17, 15) is 9.59 Å². The van der Waals surface area contributed by atoms with Crippen LogP contribution in [0.4, 0.5) is 5.69 Å². The molecule has 2 atom stereocenters. The van der Waals surface area contributed by atoms with Crippen LogP contribution in [0.15, 0.2) is 59.1 Å². The summed E-state index contributed by atoms with van der Waals surface area (Å²) in [6, 6.07) is 16.1. The Labute approximate surface area is 242 Å². The Kier molecular flexibility index (Phi) is 9.06. The number of nitrogens with one attached hydrogen (secondary N) is 2. The number of rotatable bonds is 6. The number of benzene rings is 3. The number of amides is 2. The number of carbonyl (C=O) groups is 2. The minimum atomic E-state index is -0.934.